The molecule has 1 saturated heterocycles. The molecule has 2 N–H and O–H groups in total. The molecular weight excluding hydrogens is 385 g/mol. The van der Waals surface area contributed by atoms with Crippen LogP contribution in [0.5, 0.6) is 0 Å². The molecule has 3 aromatic rings. The topological polar surface area (TPSA) is 74.6 Å². The van der Waals surface area contributed by atoms with Crippen LogP contribution in [0.3, 0.4) is 0 Å². The second-order valence-electron chi connectivity index (χ2n) is 6.98. The molecule has 0 aliphatic carbocycles. The van der Waals surface area contributed by atoms with E-state index in [1.807, 2.05) is 19.1 Å². The van der Waals surface area contributed by atoms with Crippen molar-refractivity contribution in [3.8, 4) is 0 Å². The van der Waals surface area contributed by atoms with Gasteiger partial charge in [0.2, 0.25) is 11.9 Å². The highest BCUT2D eigenvalue weighted by molar-refractivity contribution is 5.78. The minimum absolute atomic E-state index is 0.0153. The summed E-state index contributed by atoms with van der Waals surface area (Å²) < 4.78 is 39.8. The van der Waals surface area contributed by atoms with Crippen LogP contribution in [-0.4, -0.2) is 44.5 Å². The summed E-state index contributed by atoms with van der Waals surface area (Å²) in [6.45, 7) is 3.46. The van der Waals surface area contributed by atoms with Crippen molar-refractivity contribution >= 4 is 23.2 Å². The number of anilines is 2. The Labute approximate surface area is 164 Å². The van der Waals surface area contributed by atoms with Gasteiger partial charge in [0.1, 0.15) is 0 Å². The summed E-state index contributed by atoms with van der Waals surface area (Å²) in [5.41, 5.74) is 1.20. The number of fused-ring (bicyclic) bond motifs is 1. The first-order valence-electron chi connectivity index (χ1n) is 9.09. The zero-order valence-electron chi connectivity index (χ0n) is 15.6. The number of piperazine rings is 1. The third-order valence-corrected chi connectivity index (χ3v) is 4.84. The van der Waals surface area contributed by atoms with E-state index < -0.39 is 11.7 Å². The van der Waals surface area contributed by atoms with Crippen LogP contribution in [0.15, 0.2) is 42.5 Å². The zero-order valence-corrected chi connectivity index (χ0v) is 15.6. The van der Waals surface area contributed by atoms with Gasteiger partial charge in [0, 0.05) is 24.8 Å². The van der Waals surface area contributed by atoms with Gasteiger partial charge in [-0.25, -0.2) is 4.52 Å². The summed E-state index contributed by atoms with van der Waals surface area (Å²) in [5, 5.41) is 10.2. The van der Waals surface area contributed by atoms with Crippen LogP contribution in [-0.2, 0) is 17.5 Å². The van der Waals surface area contributed by atoms with E-state index in [2.05, 4.69) is 25.6 Å². The van der Waals surface area contributed by atoms with E-state index in [1.165, 1.54) is 12.1 Å². The molecule has 0 radical (unpaired) electrons. The maximum absolute atomic E-state index is 12.7. The van der Waals surface area contributed by atoms with Crippen molar-refractivity contribution in [2.24, 2.45) is 0 Å². The highest BCUT2D eigenvalue weighted by Gasteiger charge is 2.30. The number of carbonyl (C=O) groups is 1. The molecule has 1 fully saturated rings. The molecule has 29 heavy (non-hydrogen) atoms. The lowest BCUT2D eigenvalue weighted by Crippen LogP contribution is -2.52. The van der Waals surface area contributed by atoms with Crippen molar-refractivity contribution in [2.75, 3.05) is 18.4 Å². The molecule has 4 rings (SSSR count). The lowest BCUT2D eigenvalue weighted by atomic mass is 10.2. The largest absolute Gasteiger partial charge is 0.416 e. The third kappa shape index (κ3) is 4.16. The number of halogens is 3. The van der Waals surface area contributed by atoms with Crippen LogP contribution in [0.4, 0.5) is 24.8 Å². The van der Waals surface area contributed by atoms with Gasteiger partial charge in [-0.3, -0.25) is 9.69 Å². The number of rotatable bonds is 4. The fraction of sp³-hybridized carbons (Fsp3) is 0.316. The Morgan fingerprint density at radius 1 is 1.21 bits per heavy atom. The Hall–Kier alpha value is -3.14. The molecule has 3 heterocycles. The van der Waals surface area contributed by atoms with Crippen LogP contribution >= 0.6 is 0 Å². The van der Waals surface area contributed by atoms with Crippen molar-refractivity contribution in [3.63, 3.8) is 0 Å². The summed E-state index contributed by atoms with van der Waals surface area (Å²) in [6, 6.07) is 10.4. The average Bonchev–Trinajstić information content (AvgIpc) is 3.08. The van der Waals surface area contributed by atoms with Gasteiger partial charge in [-0.15, -0.1) is 5.10 Å². The Bertz CT molecular complexity index is 1030. The molecule has 1 aromatic carbocycles. The number of pyridine rings is 1. The molecule has 0 bridgehead atoms. The Kier molecular flexibility index (Phi) is 4.87. The predicted molar refractivity (Wildman–Crippen MR) is 101 cm³/mol. The zero-order chi connectivity index (χ0) is 20.6. The third-order valence-electron chi connectivity index (χ3n) is 4.84. The van der Waals surface area contributed by atoms with E-state index >= 15 is 0 Å². The lowest BCUT2D eigenvalue weighted by molar-refractivity contribution is -0.137. The van der Waals surface area contributed by atoms with Gasteiger partial charge in [-0.1, -0.05) is 6.07 Å². The summed E-state index contributed by atoms with van der Waals surface area (Å²) >= 11 is 0. The molecule has 0 saturated carbocycles. The molecule has 1 atom stereocenters. The molecule has 1 aliphatic rings. The van der Waals surface area contributed by atoms with Gasteiger partial charge >= 0.3 is 6.18 Å². The van der Waals surface area contributed by atoms with Gasteiger partial charge in [0.15, 0.2) is 5.65 Å². The molecule has 2 aromatic heterocycles. The minimum Gasteiger partial charge on any atom is -0.353 e. The van der Waals surface area contributed by atoms with Gasteiger partial charge in [-0.05, 0) is 43.3 Å². The number of nitrogens with one attached hydrogen (secondary N) is 2. The van der Waals surface area contributed by atoms with Gasteiger partial charge in [-0.2, -0.15) is 18.2 Å². The van der Waals surface area contributed by atoms with Crippen LogP contribution in [0.25, 0.3) is 5.65 Å². The van der Waals surface area contributed by atoms with E-state index in [0.717, 1.165) is 17.8 Å². The Morgan fingerprint density at radius 3 is 2.69 bits per heavy atom. The van der Waals surface area contributed by atoms with Crippen LogP contribution < -0.4 is 10.6 Å². The summed E-state index contributed by atoms with van der Waals surface area (Å²) in [7, 11) is 0. The molecule has 152 valence electrons. The molecule has 7 nitrogen and oxygen atoms in total. The first-order chi connectivity index (χ1) is 13.8. The Balaban J connectivity index is 1.55. The van der Waals surface area contributed by atoms with E-state index in [0.29, 0.717) is 31.0 Å². The highest BCUT2D eigenvalue weighted by Crippen LogP contribution is 2.30. The highest BCUT2D eigenvalue weighted by atomic mass is 19.4. The molecular formula is C19H19F3N6O. The van der Waals surface area contributed by atoms with E-state index in [-0.39, 0.29) is 17.9 Å². The predicted octanol–water partition coefficient (Wildman–Crippen LogP) is 2.81. The number of carbonyl (C=O) groups excluding carboxylic acids is 1. The fourth-order valence-corrected chi connectivity index (χ4v) is 3.21. The van der Waals surface area contributed by atoms with E-state index in [9.17, 15) is 18.0 Å². The summed E-state index contributed by atoms with van der Waals surface area (Å²) in [6.07, 6.45) is -4.38. The number of hydrogen-bond acceptors (Lipinski definition) is 5. The second kappa shape index (κ2) is 7.36. The first kappa shape index (κ1) is 19.2. The van der Waals surface area contributed by atoms with E-state index in [1.54, 1.807) is 10.6 Å². The van der Waals surface area contributed by atoms with Crippen LogP contribution in [0, 0.1) is 0 Å². The van der Waals surface area contributed by atoms with Crippen molar-refractivity contribution in [1.29, 1.82) is 0 Å². The Morgan fingerprint density at radius 2 is 1.97 bits per heavy atom. The lowest BCUT2D eigenvalue weighted by Gasteiger charge is -2.32. The van der Waals surface area contributed by atoms with Gasteiger partial charge in [0.05, 0.1) is 17.8 Å². The monoisotopic (exact) mass is 404 g/mol. The van der Waals surface area contributed by atoms with Gasteiger partial charge < -0.3 is 10.6 Å². The normalized spacial score (nSPS) is 18.1. The van der Waals surface area contributed by atoms with Crippen LogP contribution in [0.1, 0.15) is 18.2 Å². The smallest absolute Gasteiger partial charge is 0.353 e. The number of benzene rings is 1. The minimum atomic E-state index is -4.38. The fourth-order valence-electron chi connectivity index (χ4n) is 3.21. The maximum atomic E-state index is 12.7. The van der Waals surface area contributed by atoms with Crippen LogP contribution in [0.2, 0.25) is 0 Å². The maximum Gasteiger partial charge on any atom is 0.416 e. The summed E-state index contributed by atoms with van der Waals surface area (Å²) in [5.74, 6) is 0.264. The number of alkyl halides is 3. The van der Waals surface area contributed by atoms with Crippen molar-refractivity contribution in [3.05, 3.63) is 53.7 Å². The number of nitrogens with zero attached hydrogens (tertiary/aromatic N) is 4. The van der Waals surface area contributed by atoms with Crippen molar-refractivity contribution in [1.82, 2.24) is 24.8 Å². The van der Waals surface area contributed by atoms with E-state index in [4.69, 9.17) is 0 Å². The van der Waals surface area contributed by atoms with Gasteiger partial charge in [0.25, 0.3) is 0 Å². The molecule has 10 heteroatoms. The summed E-state index contributed by atoms with van der Waals surface area (Å²) in [4.78, 5) is 18.1. The molecule has 0 spiro atoms. The number of aromatic nitrogens is 3. The molecule has 1 amide bonds. The quantitative estimate of drug-likeness (QED) is 0.700. The standard InChI is InChI=1S/C19H19F3N6O/c1-12-9-23-17(29)11-27(12)10-15-3-2-4-16-25-18(26-28(15)16)24-14-7-5-13(6-8-14)19(20,21)22/h2-8,12H,9-11H2,1H3,(H,23,29)(H,24,26). The molecule has 1 aliphatic heterocycles. The second-order valence-corrected chi connectivity index (χ2v) is 6.98. The first-order valence-corrected chi connectivity index (χ1v) is 9.09. The number of hydrogen-bond donors (Lipinski definition) is 2. The average molecular weight is 404 g/mol. The van der Waals surface area contributed by atoms with Crippen molar-refractivity contribution in [2.45, 2.75) is 25.7 Å². The molecule has 1 unspecified atom stereocenters. The SMILES string of the molecule is CC1CNC(=O)CN1Cc1cccc2nc(Nc3ccc(C(F)(F)F)cc3)nn12. The van der Waals surface area contributed by atoms with Crippen molar-refractivity contribution < 1.29 is 18.0 Å². The number of amides is 1.